The Morgan fingerprint density at radius 1 is 1.36 bits per heavy atom. The van der Waals surface area contributed by atoms with Crippen LogP contribution in [-0.2, 0) is 0 Å². The highest BCUT2D eigenvalue weighted by Gasteiger charge is 2.31. The molecule has 84 valence electrons. The Morgan fingerprint density at radius 2 is 1.93 bits per heavy atom. The summed E-state index contributed by atoms with van der Waals surface area (Å²) in [6.07, 6.45) is 5.16. The third-order valence-corrected chi connectivity index (χ3v) is 3.78. The molecular weight excluding hydrogens is 172 g/mol. The second kappa shape index (κ2) is 5.13. The van der Waals surface area contributed by atoms with Crippen LogP contribution in [0, 0.1) is 5.92 Å². The number of rotatable bonds is 4. The van der Waals surface area contributed by atoms with E-state index in [4.69, 9.17) is 5.73 Å². The van der Waals surface area contributed by atoms with Crippen LogP contribution in [-0.4, -0.2) is 30.1 Å². The first-order chi connectivity index (χ1) is 6.62. The highest BCUT2D eigenvalue weighted by Crippen LogP contribution is 2.26. The van der Waals surface area contributed by atoms with Crippen molar-refractivity contribution in [1.82, 2.24) is 4.90 Å². The van der Waals surface area contributed by atoms with Crippen molar-refractivity contribution in [3.05, 3.63) is 0 Å². The third-order valence-electron chi connectivity index (χ3n) is 3.78. The largest absolute Gasteiger partial charge is 0.329 e. The van der Waals surface area contributed by atoms with Crippen LogP contribution in [0.25, 0.3) is 0 Å². The van der Waals surface area contributed by atoms with E-state index in [0.29, 0.717) is 0 Å². The van der Waals surface area contributed by atoms with Crippen LogP contribution in [0.5, 0.6) is 0 Å². The molecule has 2 N–H and O–H groups in total. The van der Waals surface area contributed by atoms with Gasteiger partial charge in [0.2, 0.25) is 0 Å². The van der Waals surface area contributed by atoms with Crippen LogP contribution in [0.4, 0.5) is 0 Å². The summed E-state index contributed by atoms with van der Waals surface area (Å²) in [7, 11) is 0. The molecule has 1 aliphatic rings. The summed E-state index contributed by atoms with van der Waals surface area (Å²) in [6.45, 7) is 10.2. The summed E-state index contributed by atoms with van der Waals surface area (Å²) in [5.41, 5.74) is 6.18. The average Bonchev–Trinajstić information content (AvgIpc) is 2.19. The van der Waals surface area contributed by atoms with Gasteiger partial charge < -0.3 is 5.73 Å². The number of nitrogens with two attached hydrogens (primary N) is 1. The van der Waals surface area contributed by atoms with Crippen molar-refractivity contribution < 1.29 is 0 Å². The zero-order chi connectivity index (χ0) is 10.6. The molecule has 1 heterocycles. The lowest BCUT2D eigenvalue weighted by Crippen LogP contribution is -2.54. The summed E-state index contributed by atoms with van der Waals surface area (Å²) in [4.78, 5) is 2.61. The number of hydrogen-bond donors (Lipinski definition) is 1. The quantitative estimate of drug-likeness (QED) is 0.750. The standard InChI is InChI=1S/C12H26N2/c1-4-7-12(3,10-13)14-8-5-11(2)6-9-14/h11H,4-10,13H2,1-3H3. The van der Waals surface area contributed by atoms with Crippen molar-refractivity contribution in [2.45, 2.75) is 52.0 Å². The minimum atomic E-state index is 0.259. The molecule has 0 spiro atoms. The Morgan fingerprint density at radius 3 is 2.36 bits per heavy atom. The van der Waals surface area contributed by atoms with Crippen molar-refractivity contribution >= 4 is 0 Å². The monoisotopic (exact) mass is 198 g/mol. The van der Waals surface area contributed by atoms with Gasteiger partial charge in [0.05, 0.1) is 0 Å². The van der Waals surface area contributed by atoms with Gasteiger partial charge in [-0.05, 0) is 45.2 Å². The fourth-order valence-electron chi connectivity index (χ4n) is 2.48. The van der Waals surface area contributed by atoms with E-state index >= 15 is 0 Å². The van der Waals surface area contributed by atoms with Crippen LogP contribution in [0.15, 0.2) is 0 Å². The Hall–Kier alpha value is -0.0800. The Kier molecular flexibility index (Phi) is 4.39. The van der Waals surface area contributed by atoms with Gasteiger partial charge in [-0.2, -0.15) is 0 Å². The molecule has 0 aliphatic carbocycles. The molecule has 0 amide bonds. The maximum absolute atomic E-state index is 5.92. The van der Waals surface area contributed by atoms with Gasteiger partial charge >= 0.3 is 0 Å². The highest BCUT2D eigenvalue weighted by atomic mass is 15.2. The minimum Gasteiger partial charge on any atom is -0.329 e. The fraction of sp³-hybridized carbons (Fsp3) is 1.00. The molecule has 1 rings (SSSR count). The Balaban J connectivity index is 2.52. The van der Waals surface area contributed by atoms with E-state index in [0.717, 1.165) is 12.5 Å². The van der Waals surface area contributed by atoms with E-state index < -0.39 is 0 Å². The van der Waals surface area contributed by atoms with Gasteiger partial charge in [0.25, 0.3) is 0 Å². The van der Waals surface area contributed by atoms with Gasteiger partial charge in [-0.25, -0.2) is 0 Å². The van der Waals surface area contributed by atoms with E-state index in [2.05, 4.69) is 25.7 Å². The van der Waals surface area contributed by atoms with Gasteiger partial charge in [0.1, 0.15) is 0 Å². The SMILES string of the molecule is CCCC(C)(CN)N1CCC(C)CC1. The molecular formula is C12H26N2. The Bertz CT molecular complexity index is 162. The first-order valence-corrected chi connectivity index (χ1v) is 6.07. The lowest BCUT2D eigenvalue weighted by atomic mass is 9.89. The van der Waals surface area contributed by atoms with Gasteiger partial charge in [-0.3, -0.25) is 4.90 Å². The molecule has 1 unspecified atom stereocenters. The normalized spacial score (nSPS) is 24.9. The van der Waals surface area contributed by atoms with Gasteiger partial charge in [-0.1, -0.05) is 20.3 Å². The molecule has 1 aliphatic heterocycles. The van der Waals surface area contributed by atoms with Crippen molar-refractivity contribution in [2.75, 3.05) is 19.6 Å². The molecule has 0 aromatic rings. The van der Waals surface area contributed by atoms with Crippen LogP contribution in [0.3, 0.4) is 0 Å². The first-order valence-electron chi connectivity index (χ1n) is 6.07. The number of hydrogen-bond acceptors (Lipinski definition) is 2. The molecule has 0 bridgehead atoms. The fourth-order valence-corrected chi connectivity index (χ4v) is 2.48. The smallest absolute Gasteiger partial charge is 0.0303 e. The van der Waals surface area contributed by atoms with Gasteiger partial charge in [0, 0.05) is 12.1 Å². The van der Waals surface area contributed by atoms with E-state index in [-0.39, 0.29) is 5.54 Å². The second-order valence-electron chi connectivity index (χ2n) is 5.12. The number of piperidine rings is 1. The minimum absolute atomic E-state index is 0.259. The summed E-state index contributed by atoms with van der Waals surface area (Å²) >= 11 is 0. The third kappa shape index (κ3) is 2.71. The summed E-state index contributed by atoms with van der Waals surface area (Å²) in [5.74, 6) is 0.912. The molecule has 0 aromatic carbocycles. The van der Waals surface area contributed by atoms with Gasteiger partial charge in [0.15, 0.2) is 0 Å². The van der Waals surface area contributed by atoms with Crippen molar-refractivity contribution in [1.29, 1.82) is 0 Å². The van der Waals surface area contributed by atoms with E-state index in [9.17, 15) is 0 Å². The average molecular weight is 198 g/mol. The van der Waals surface area contributed by atoms with Crippen molar-refractivity contribution in [2.24, 2.45) is 11.7 Å². The van der Waals surface area contributed by atoms with Crippen LogP contribution >= 0.6 is 0 Å². The van der Waals surface area contributed by atoms with E-state index in [1.54, 1.807) is 0 Å². The lowest BCUT2D eigenvalue weighted by molar-refractivity contribution is 0.0637. The van der Waals surface area contributed by atoms with Crippen LogP contribution in [0.1, 0.15) is 46.5 Å². The topological polar surface area (TPSA) is 29.3 Å². The summed E-state index contributed by atoms with van der Waals surface area (Å²) < 4.78 is 0. The van der Waals surface area contributed by atoms with Crippen LogP contribution in [0.2, 0.25) is 0 Å². The molecule has 1 fully saturated rings. The second-order valence-corrected chi connectivity index (χ2v) is 5.12. The van der Waals surface area contributed by atoms with Gasteiger partial charge in [-0.15, -0.1) is 0 Å². The summed E-state index contributed by atoms with van der Waals surface area (Å²) in [5, 5.41) is 0. The molecule has 2 heteroatoms. The molecule has 0 radical (unpaired) electrons. The molecule has 14 heavy (non-hydrogen) atoms. The van der Waals surface area contributed by atoms with Crippen LogP contribution < -0.4 is 5.73 Å². The van der Waals surface area contributed by atoms with E-state index in [1.165, 1.54) is 38.8 Å². The maximum atomic E-state index is 5.92. The summed E-state index contributed by atoms with van der Waals surface area (Å²) in [6, 6.07) is 0. The molecule has 1 saturated heterocycles. The molecule has 0 saturated carbocycles. The molecule has 1 atom stereocenters. The predicted octanol–water partition coefficient (Wildman–Crippen LogP) is 2.24. The Labute approximate surface area is 88.8 Å². The maximum Gasteiger partial charge on any atom is 0.0303 e. The zero-order valence-electron chi connectivity index (χ0n) is 10.1. The van der Waals surface area contributed by atoms with Crippen molar-refractivity contribution in [3.63, 3.8) is 0 Å². The first kappa shape index (κ1) is 12.0. The highest BCUT2D eigenvalue weighted by molar-refractivity contribution is 4.89. The number of nitrogens with zero attached hydrogens (tertiary/aromatic N) is 1. The molecule has 0 aromatic heterocycles. The number of likely N-dealkylation sites (tertiary alicyclic amines) is 1. The molecule has 2 nitrogen and oxygen atoms in total. The lowest BCUT2D eigenvalue weighted by Gasteiger charge is -2.44. The van der Waals surface area contributed by atoms with Crippen molar-refractivity contribution in [3.8, 4) is 0 Å². The predicted molar refractivity (Wildman–Crippen MR) is 62.3 cm³/mol. The van der Waals surface area contributed by atoms with E-state index in [1.807, 2.05) is 0 Å². The zero-order valence-corrected chi connectivity index (χ0v) is 10.1.